The molecule has 138 valence electrons. The van der Waals surface area contributed by atoms with Crippen LogP contribution in [0.4, 0.5) is 0 Å². The standard InChI is InChI=1S/C20H25N3O3/c1-20-18-15(14-7-3-4-8-16(14)21-18)9-11-23(20)17(25)13-22(19(20)26)10-5-2-6-12-24/h3-4,7-8,21,24H,2,5-6,9-13H2,1H3/t20-/m0/s1. The van der Waals surface area contributed by atoms with Gasteiger partial charge in [-0.1, -0.05) is 18.2 Å². The van der Waals surface area contributed by atoms with Gasteiger partial charge in [0.15, 0.2) is 5.54 Å². The number of aromatic amines is 1. The van der Waals surface area contributed by atoms with Crippen LogP contribution < -0.4 is 0 Å². The molecule has 1 fully saturated rings. The first-order chi connectivity index (χ1) is 12.6. The Kier molecular flexibility index (Phi) is 4.23. The Morgan fingerprint density at radius 2 is 2.00 bits per heavy atom. The summed E-state index contributed by atoms with van der Waals surface area (Å²) in [4.78, 5) is 33.0. The fourth-order valence-electron chi connectivity index (χ4n) is 4.45. The van der Waals surface area contributed by atoms with E-state index < -0.39 is 5.54 Å². The maximum atomic E-state index is 13.4. The van der Waals surface area contributed by atoms with E-state index in [1.54, 1.807) is 9.80 Å². The van der Waals surface area contributed by atoms with Crippen LogP contribution in [0, 0.1) is 0 Å². The molecule has 4 rings (SSSR count). The second-order valence-electron chi connectivity index (χ2n) is 7.40. The molecule has 1 saturated heterocycles. The maximum absolute atomic E-state index is 13.4. The molecule has 2 N–H and O–H groups in total. The number of hydrogen-bond acceptors (Lipinski definition) is 3. The average molecular weight is 355 g/mol. The molecule has 2 aliphatic heterocycles. The minimum absolute atomic E-state index is 0.00592. The molecular weight excluding hydrogens is 330 g/mol. The van der Waals surface area contributed by atoms with Gasteiger partial charge in [0, 0.05) is 30.6 Å². The highest BCUT2D eigenvalue weighted by molar-refractivity contribution is 6.00. The minimum Gasteiger partial charge on any atom is -0.396 e. The lowest BCUT2D eigenvalue weighted by atomic mass is 9.83. The predicted molar refractivity (Wildman–Crippen MR) is 98.6 cm³/mol. The lowest BCUT2D eigenvalue weighted by Crippen LogP contribution is -2.67. The van der Waals surface area contributed by atoms with E-state index in [0.29, 0.717) is 13.1 Å². The minimum atomic E-state index is -0.959. The van der Waals surface area contributed by atoms with Gasteiger partial charge in [-0.3, -0.25) is 9.59 Å². The number of carbonyl (C=O) groups excluding carboxylic acids is 2. The van der Waals surface area contributed by atoms with Crippen LogP contribution >= 0.6 is 0 Å². The third-order valence-corrected chi connectivity index (χ3v) is 5.84. The Morgan fingerprint density at radius 1 is 1.19 bits per heavy atom. The monoisotopic (exact) mass is 355 g/mol. The molecule has 26 heavy (non-hydrogen) atoms. The number of aromatic nitrogens is 1. The number of aliphatic hydroxyl groups is 1. The van der Waals surface area contributed by atoms with Gasteiger partial charge >= 0.3 is 0 Å². The van der Waals surface area contributed by atoms with Crippen molar-refractivity contribution in [2.75, 3.05) is 26.2 Å². The van der Waals surface area contributed by atoms with Crippen molar-refractivity contribution in [3.63, 3.8) is 0 Å². The number of piperazine rings is 1. The molecule has 2 amide bonds. The summed E-state index contributed by atoms with van der Waals surface area (Å²) in [5, 5.41) is 10.1. The van der Waals surface area contributed by atoms with Crippen molar-refractivity contribution >= 4 is 22.7 Å². The Balaban J connectivity index is 1.71. The summed E-state index contributed by atoms with van der Waals surface area (Å²) in [6.45, 7) is 3.33. The lowest BCUT2D eigenvalue weighted by Gasteiger charge is -2.49. The first-order valence-electron chi connectivity index (χ1n) is 9.38. The van der Waals surface area contributed by atoms with Gasteiger partial charge in [-0.25, -0.2) is 0 Å². The molecule has 2 aliphatic rings. The second kappa shape index (κ2) is 6.43. The van der Waals surface area contributed by atoms with Crippen LogP contribution in [0.2, 0.25) is 0 Å². The Bertz CT molecular complexity index is 859. The Hall–Kier alpha value is -2.34. The number of H-pyrrole nitrogens is 1. The Labute approximate surface area is 152 Å². The number of fused-ring (bicyclic) bond motifs is 5. The first kappa shape index (κ1) is 17.1. The summed E-state index contributed by atoms with van der Waals surface area (Å²) in [6.07, 6.45) is 3.15. The summed E-state index contributed by atoms with van der Waals surface area (Å²) in [6, 6.07) is 8.08. The fraction of sp³-hybridized carbons (Fsp3) is 0.500. The molecule has 0 saturated carbocycles. The number of amides is 2. The van der Waals surface area contributed by atoms with Crippen molar-refractivity contribution in [1.29, 1.82) is 0 Å². The summed E-state index contributed by atoms with van der Waals surface area (Å²) in [5.74, 6) is 0.00664. The summed E-state index contributed by atoms with van der Waals surface area (Å²) >= 11 is 0. The topological polar surface area (TPSA) is 76.6 Å². The normalized spacial score (nSPS) is 22.7. The highest BCUT2D eigenvalue weighted by Crippen LogP contribution is 2.41. The van der Waals surface area contributed by atoms with Gasteiger partial charge in [-0.05, 0) is 44.2 Å². The number of para-hydroxylation sites is 1. The van der Waals surface area contributed by atoms with Crippen LogP contribution in [-0.2, 0) is 21.5 Å². The molecule has 3 heterocycles. The molecule has 0 bridgehead atoms. The third-order valence-electron chi connectivity index (χ3n) is 5.84. The number of nitrogens with one attached hydrogen (secondary N) is 1. The van der Waals surface area contributed by atoms with Crippen molar-refractivity contribution in [3.05, 3.63) is 35.5 Å². The fourth-order valence-corrected chi connectivity index (χ4v) is 4.45. The van der Waals surface area contributed by atoms with Gasteiger partial charge in [0.25, 0.3) is 5.91 Å². The van der Waals surface area contributed by atoms with Crippen LogP contribution in [0.15, 0.2) is 24.3 Å². The van der Waals surface area contributed by atoms with Gasteiger partial charge in [-0.2, -0.15) is 0 Å². The van der Waals surface area contributed by atoms with Gasteiger partial charge < -0.3 is 19.9 Å². The molecular formula is C20H25N3O3. The van der Waals surface area contributed by atoms with E-state index in [9.17, 15) is 9.59 Å². The van der Waals surface area contributed by atoms with Crippen LogP contribution in [-0.4, -0.2) is 57.9 Å². The van der Waals surface area contributed by atoms with Crippen LogP contribution in [0.25, 0.3) is 10.9 Å². The molecule has 6 nitrogen and oxygen atoms in total. The zero-order valence-corrected chi connectivity index (χ0v) is 15.1. The van der Waals surface area contributed by atoms with Gasteiger partial charge in [0.2, 0.25) is 5.91 Å². The molecule has 2 aromatic rings. The highest BCUT2D eigenvalue weighted by Gasteiger charge is 2.53. The van der Waals surface area contributed by atoms with Crippen molar-refractivity contribution in [2.45, 2.75) is 38.1 Å². The van der Waals surface area contributed by atoms with E-state index in [1.807, 2.05) is 25.1 Å². The van der Waals surface area contributed by atoms with Crippen molar-refractivity contribution in [2.24, 2.45) is 0 Å². The molecule has 1 aromatic carbocycles. The zero-order valence-electron chi connectivity index (χ0n) is 15.1. The predicted octanol–water partition coefficient (Wildman–Crippen LogP) is 1.77. The van der Waals surface area contributed by atoms with Gasteiger partial charge in [-0.15, -0.1) is 0 Å². The zero-order chi connectivity index (χ0) is 18.3. The maximum Gasteiger partial charge on any atom is 0.254 e. The molecule has 0 radical (unpaired) electrons. The number of aliphatic hydroxyl groups excluding tert-OH is 1. The highest BCUT2D eigenvalue weighted by atomic mass is 16.3. The molecule has 1 aromatic heterocycles. The van der Waals surface area contributed by atoms with Crippen molar-refractivity contribution in [3.8, 4) is 0 Å². The van der Waals surface area contributed by atoms with E-state index in [1.165, 1.54) is 0 Å². The van der Waals surface area contributed by atoms with E-state index in [2.05, 4.69) is 11.1 Å². The van der Waals surface area contributed by atoms with Crippen molar-refractivity contribution in [1.82, 2.24) is 14.8 Å². The van der Waals surface area contributed by atoms with Crippen molar-refractivity contribution < 1.29 is 14.7 Å². The Morgan fingerprint density at radius 3 is 2.81 bits per heavy atom. The van der Waals surface area contributed by atoms with Crippen LogP contribution in [0.1, 0.15) is 37.4 Å². The van der Waals surface area contributed by atoms with Crippen LogP contribution in [0.3, 0.4) is 0 Å². The number of carbonyl (C=O) groups is 2. The molecule has 1 atom stereocenters. The SMILES string of the molecule is C[C@]12C(=O)N(CCCCCO)CC(=O)N1CCc1c2[nH]c2ccccc12. The number of unbranched alkanes of at least 4 members (excludes halogenated alkanes) is 2. The summed E-state index contributed by atoms with van der Waals surface area (Å²) < 4.78 is 0. The third kappa shape index (κ3) is 2.43. The smallest absolute Gasteiger partial charge is 0.254 e. The second-order valence-corrected chi connectivity index (χ2v) is 7.40. The first-order valence-corrected chi connectivity index (χ1v) is 9.38. The molecule has 0 spiro atoms. The molecule has 6 heteroatoms. The van der Waals surface area contributed by atoms with E-state index in [-0.39, 0.29) is 25.0 Å². The quantitative estimate of drug-likeness (QED) is 0.803. The molecule has 0 unspecified atom stereocenters. The van der Waals surface area contributed by atoms with E-state index >= 15 is 0 Å². The number of nitrogens with zero attached hydrogens (tertiary/aromatic N) is 2. The lowest BCUT2D eigenvalue weighted by molar-refractivity contribution is -0.166. The number of rotatable bonds is 5. The largest absolute Gasteiger partial charge is 0.396 e. The average Bonchev–Trinajstić information content (AvgIpc) is 3.03. The van der Waals surface area contributed by atoms with Gasteiger partial charge in [0.05, 0.1) is 12.2 Å². The number of hydrogen-bond donors (Lipinski definition) is 2. The summed E-state index contributed by atoms with van der Waals surface area (Å²) in [7, 11) is 0. The van der Waals surface area contributed by atoms with E-state index in [0.717, 1.165) is 47.8 Å². The van der Waals surface area contributed by atoms with Gasteiger partial charge in [0.1, 0.15) is 0 Å². The van der Waals surface area contributed by atoms with E-state index in [4.69, 9.17) is 5.11 Å². The summed E-state index contributed by atoms with van der Waals surface area (Å²) in [5.41, 5.74) is 2.07. The molecule has 0 aliphatic carbocycles. The number of benzene rings is 1. The van der Waals surface area contributed by atoms with Crippen LogP contribution in [0.5, 0.6) is 0 Å².